The standard InChI is InChI=1S/C31H44O5/c1-22-15-16-35-29(19-22)13-14-31(34)25-7-4-8-26(32)18-23(2)17-24(3)20-30-12-6-11-28(36-30)10-5-9-27(33)21-25/h4-6,8-9,11,13-15,24-26,28-32,34H,2,7,10,12,16-21H2,1,3H3/t24-,25+,26+,28+,29?,30-,31-/m0/s1. The molecule has 3 aliphatic heterocycles. The Morgan fingerprint density at radius 2 is 1.89 bits per heavy atom. The lowest BCUT2D eigenvalue weighted by Crippen LogP contribution is -2.26. The summed E-state index contributed by atoms with van der Waals surface area (Å²) >= 11 is 0. The zero-order valence-electron chi connectivity index (χ0n) is 21.9. The quantitative estimate of drug-likeness (QED) is 0.501. The topological polar surface area (TPSA) is 76.0 Å². The Bertz CT molecular complexity index is 879. The second kappa shape index (κ2) is 14.6. The largest absolute Gasteiger partial charge is 0.389 e. The summed E-state index contributed by atoms with van der Waals surface area (Å²) < 4.78 is 12.0. The maximum absolute atomic E-state index is 12.8. The van der Waals surface area contributed by atoms with Crippen LogP contribution in [0.4, 0.5) is 0 Å². The average Bonchev–Trinajstić information content (AvgIpc) is 2.81. The molecule has 0 spiro atoms. The van der Waals surface area contributed by atoms with E-state index in [4.69, 9.17) is 9.47 Å². The molecule has 2 N–H and O–H groups in total. The van der Waals surface area contributed by atoms with Gasteiger partial charge in [0.2, 0.25) is 0 Å². The van der Waals surface area contributed by atoms with Gasteiger partial charge in [0, 0.05) is 6.42 Å². The SMILES string of the molecule is C=C1C[C@H](C)C[C@@H]2CC=C[C@@H](CC=CC(=O)C[C@H]([C@@H](O)C=CC3CC(C)=CCO3)CC=C[C@@H](O)C1)O2. The third-order valence-electron chi connectivity index (χ3n) is 7.12. The smallest absolute Gasteiger partial charge is 0.155 e. The molecule has 1 unspecified atom stereocenters. The zero-order valence-corrected chi connectivity index (χ0v) is 21.9. The number of hydrogen-bond donors (Lipinski definition) is 2. The number of rotatable bonds is 3. The van der Waals surface area contributed by atoms with E-state index < -0.39 is 12.2 Å². The van der Waals surface area contributed by atoms with E-state index in [1.807, 2.05) is 18.2 Å². The van der Waals surface area contributed by atoms with Crippen molar-refractivity contribution in [3.8, 4) is 0 Å². The molecule has 0 fully saturated rings. The van der Waals surface area contributed by atoms with Crippen LogP contribution in [0, 0.1) is 11.8 Å². The highest BCUT2D eigenvalue weighted by Crippen LogP contribution is 2.26. The molecule has 0 saturated carbocycles. The number of ether oxygens (including phenoxy) is 2. The summed E-state index contributed by atoms with van der Waals surface area (Å²) in [7, 11) is 0. The summed E-state index contributed by atoms with van der Waals surface area (Å²) in [4.78, 5) is 12.8. The summed E-state index contributed by atoms with van der Waals surface area (Å²) in [6, 6.07) is 0. The van der Waals surface area contributed by atoms with Crippen LogP contribution >= 0.6 is 0 Å². The van der Waals surface area contributed by atoms with Crippen LogP contribution in [0.5, 0.6) is 0 Å². The van der Waals surface area contributed by atoms with Gasteiger partial charge in [-0.3, -0.25) is 4.79 Å². The fourth-order valence-corrected chi connectivity index (χ4v) is 5.19. The van der Waals surface area contributed by atoms with Crippen LogP contribution in [0.25, 0.3) is 0 Å². The molecule has 0 aromatic heterocycles. The van der Waals surface area contributed by atoms with Crippen molar-refractivity contribution in [1.82, 2.24) is 0 Å². The molecule has 0 aliphatic carbocycles. The van der Waals surface area contributed by atoms with Gasteiger partial charge in [-0.2, -0.15) is 0 Å². The molecule has 2 bridgehead atoms. The third-order valence-corrected chi connectivity index (χ3v) is 7.12. The van der Waals surface area contributed by atoms with Gasteiger partial charge in [-0.25, -0.2) is 0 Å². The van der Waals surface area contributed by atoms with E-state index in [-0.39, 0.29) is 36.4 Å². The van der Waals surface area contributed by atoms with Crippen molar-refractivity contribution in [2.24, 2.45) is 11.8 Å². The normalized spacial score (nSPS) is 34.3. The number of fused-ring (bicyclic) bond motifs is 2. The van der Waals surface area contributed by atoms with Crippen molar-refractivity contribution >= 4 is 5.78 Å². The first-order valence-corrected chi connectivity index (χ1v) is 13.4. The predicted molar refractivity (Wildman–Crippen MR) is 144 cm³/mol. The summed E-state index contributed by atoms with van der Waals surface area (Å²) in [5, 5.41) is 21.4. The van der Waals surface area contributed by atoms with Gasteiger partial charge in [-0.15, -0.1) is 0 Å². The molecule has 0 aromatic carbocycles. The molecular weight excluding hydrogens is 452 g/mol. The molecule has 3 rings (SSSR count). The second-order valence-electron chi connectivity index (χ2n) is 10.8. The van der Waals surface area contributed by atoms with Gasteiger partial charge in [0.15, 0.2) is 5.78 Å². The number of aliphatic hydroxyl groups excluding tert-OH is 2. The Hall–Kier alpha value is -2.05. The van der Waals surface area contributed by atoms with Crippen LogP contribution in [0.15, 0.2) is 72.4 Å². The number of carbonyl (C=O) groups is 1. The maximum Gasteiger partial charge on any atom is 0.155 e. The van der Waals surface area contributed by atoms with Crippen LogP contribution in [0.2, 0.25) is 0 Å². The van der Waals surface area contributed by atoms with E-state index in [9.17, 15) is 15.0 Å². The average molecular weight is 497 g/mol. The predicted octanol–water partition coefficient (Wildman–Crippen LogP) is 5.56. The molecular formula is C31H44O5. The van der Waals surface area contributed by atoms with Crippen molar-refractivity contribution in [3.63, 3.8) is 0 Å². The molecule has 0 saturated heterocycles. The highest BCUT2D eigenvalue weighted by atomic mass is 16.5. The number of allylic oxidation sites excluding steroid dienone is 2. The van der Waals surface area contributed by atoms with Crippen LogP contribution in [-0.2, 0) is 14.3 Å². The molecule has 0 amide bonds. The lowest BCUT2D eigenvalue weighted by molar-refractivity contribution is -0.116. The molecule has 7 atom stereocenters. The molecule has 0 aromatic rings. The van der Waals surface area contributed by atoms with Gasteiger partial charge in [0.05, 0.1) is 37.1 Å². The molecule has 5 nitrogen and oxygen atoms in total. The minimum Gasteiger partial charge on any atom is -0.389 e. The second-order valence-corrected chi connectivity index (χ2v) is 10.8. The van der Waals surface area contributed by atoms with Crippen molar-refractivity contribution in [3.05, 3.63) is 72.4 Å². The Morgan fingerprint density at radius 1 is 1.08 bits per heavy atom. The Morgan fingerprint density at radius 3 is 2.69 bits per heavy atom. The first-order chi connectivity index (χ1) is 17.3. The lowest BCUT2D eigenvalue weighted by atomic mass is 9.90. The van der Waals surface area contributed by atoms with Crippen LogP contribution in [0.3, 0.4) is 0 Å². The van der Waals surface area contributed by atoms with Gasteiger partial charge < -0.3 is 19.7 Å². The molecule has 3 aliphatic rings. The number of ketones is 1. The van der Waals surface area contributed by atoms with Gasteiger partial charge in [0.25, 0.3) is 0 Å². The van der Waals surface area contributed by atoms with E-state index in [0.29, 0.717) is 31.8 Å². The Kier molecular flexibility index (Phi) is 11.6. The number of hydrogen-bond acceptors (Lipinski definition) is 5. The van der Waals surface area contributed by atoms with E-state index in [1.54, 1.807) is 18.2 Å². The Balaban J connectivity index is 1.70. The maximum atomic E-state index is 12.8. The lowest BCUT2D eigenvalue weighted by Gasteiger charge is -2.28. The summed E-state index contributed by atoms with van der Waals surface area (Å²) in [5.74, 6) is 0.105. The first-order valence-electron chi connectivity index (χ1n) is 13.4. The van der Waals surface area contributed by atoms with Crippen molar-refractivity contribution in [1.29, 1.82) is 0 Å². The van der Waals surface area contributed by atoms with Gasteiger partial charge in [-0.1, -0.05) is 73.3 Å². The number of aliphatic hydroxyl groups is 2. The van der Waals surface area contributed by atoms with E-state index in [1.165, 1.54) is 5.57 Å². The van der Waals surface area contributed by atoms with E-state index in [2.05, 4.69) is 38.7 Å². The number of carbonyl (C=O) groups excluding carboxylic acids is 1. The van der Waals surface area contributed by atoms with Crippen molar-refractivity contribution in [2.45, 2.75) is 95.7 Å². The van der Waals surface area contributed by atoms with Gasteiger partial charge >= 0.3 is 0 Å². The fraction of sp³-hybridized carbons (Fsp3) is 0.581. The summed E-state index contributed by atoms with van der Waals surface area (Å²) in [5.41, 5.74) is 2.30. The highest BCUT2D eigenvalue weighted by molar-refractivity contribution is 5.89. The molecule has 36 heavy (non-hydrogen) atoms. The minimum atomic E-state index is -0.786. The highest BCUT2D eigenvalue weighted by Gasteiger charge is 2.22. The fourth-order valence-electron chi connectivity index (χ4n) is 5.19. The minimum absolute atomic E-state index is 0.0199. The van der Waals surface area contributed by atoms with E-state index in [0.717, 1.165) is 31.3 Å². The van der Waals surface area contributed by atoms with Gasteiger partial charge in [-0.05, 0) is 69.8 Å². The van der Waals surface area contributed by atoms with Crippen LogP contribution < -0.4 is 0 Å². The third kappa shape index (κ3) is 10.1. The summed E-state index contributed by atoms with van der Waals surface area (Å²) in [6.07, 6.45) is 21.2. The monoisotopic (exact) mass is 496 g/mol. The van der Waals surface area contributed by atoms with Gasteiger partial charge in [0.1, 0.15) is 0 Å². The van der Waals surface area contributed by atoms with Crippen molar-refractivity contribution in [2.75, 3.05) is 6.61 Å². The van der Waals surface area contributed by atoms with Crippen molar-refractivity contribution < 1.29 is 24.5 Å². The molecule has 0 radical (unpaired) electrons. The van der Waals surface area contributed by atoms with E-state index >= 15 is 0 Å². The summed E-state index contributed by atoms with van der Waals surface area (Å²) in [6.45, 7) is 9.05. The molecule has 5 heteroatoms. The molecule has 3 heterocycles. The van der Waals surface area contributed by atoms with Crippen LogP contribution in [0.1, 0.15) is 65.2 Å². The first kappa shape index (κ1) is 28.5. The van der Waals surface area contributed by atoms with Crippen LogP contribution in [-0.4, -0.2) is 53.1 Å². The molecule has 198 valence electrons. The zero-order chi connectivity index (χ0) is 25.9. The Labute approximate surface area is 217 Å².